The second kappa shape index (κ2) is 10.7. The van der Waals surface area contributed by atoms with Crippen molar-refractivity contribution in [3.63, 3.8) is 0 Å². The van der Waals surface area contributed by atoms with E-state index in [-0.39, 0.29) is 24.0 Å². The van der Waals surface area contributed by atoms with Crippen LogP contribution in [0.4, 0.5) is 5.82 Å². The number of anilines is 1. The summed E-state index contributed by atoms with van der Waals surface area (Å²) in [5, 5.41) is 6.96. The maximum absolute atomic E-state index is 5.60. The van der Waals surface area contributed by atoms with Crippen molar-refractivity contribution < 1.29 is 4.42 Å². The number of aromatic nitrogens is 1. The summed E-state index contributed by atoms with van der Waals surface area (Å²) in [4.78, 5) is 11.8. The molecule has 0 aromatic carbocycles. The molecule has 0 aliphatic carbocycles. The van der Waals surface area contributed by atoms with Crippen molar-refractivity contribution in [1.29, 1.82) is 0 Å². The number of piperidine rings is 1. The minimum atomic E-state index is 0. The Kier molecular flexibility index (Phi) is 8.59. The highest BCUT2D eigenvalue weighted by Gasteiger charge is 2.21. The lowest BCUT2D eigenvalue weighted by molar-refractivity contribution is 0.459. The van der Waals surface area contributed by atoms with Gasteiger partial charge in [-0.1, -0.05) is 6.07 Å². The Hall–Kier alpha value is -1.77. The molecule has 0 spiro atoms. The normalized spacial score (nSPS) is 15.3. The highest BCUT2D eigenvalue weighted by atomic mass is 127. The predicted molar refractivity (Wildman–Crippen MR) is 126 cm³/mol. The number of nitrogens with zero attached hydrogens (tertiary/aromatic N) is 3. The zero-order chi connectivity index (χ0) is 19.2. The van der Waals surface area contributed by atoms with Crippen LogP contribution in [0.2, 0.25) is 0 Å². The molecule has 1 aliphatic heterocycles. The minimum absolute atomic E-state index is 0. The van der Waals surface area contributed by atoms with Gasteiger partial charge in [0.2, 0.25) is 0 Å². The molecule has 0 radical (unpaired) electrons. The molecule has 6 nitrogen and oxygen atoms in total. The maximum Gasteiger partial charge on any atom is 0.191 e. The average Bonchev–Trinajstić information content (AvgIpc) is 2.98. The molecule has 0 atom stereocenters. The van der Waals surface area contributed by atoms with Crippen molar-refractivity contribution in [3.05, 3.63) is 47.0 Å². The topological polar surface area (TPSA) is 65.7 Å². The summed E-state index contributed by atoms with van der Waals surface area (Å²) in [6, 6.07) is 8.71. The molecule has 2 N–H and O–H groups in total. The molecule has 154 valence electrons. The SMILES string of the molecule is CCNC(=NCc1cc(C)oc1C)NC1CCN(c2cccc(C)n2)CC1.I. The number of hydrogen-bond donors (Lipinski definition) is 2. The number of hydrogen-bond acceptors (Lipinski definition) is 4. The molecule has 1 aliphatic rings. The van der Waals surface area contributed by atoms with E-state index < -0.39 is 0 Å². The van der Waals surface area contributed by atoms with Gasteiger partial charge in [0.05, 0.1) is 6.54 Å². The van der Waals surface area contributed by atoms with E-state index in [2.05, 4.69) is 45.6 Å². The van der Waals surface area contributed by atoms with E-state index >= 15 is 0 Å². The summed E-state index contributed by atoms with van der Waals surface area (Å²) in [6.07, 6.45) is 2.15. The van der Waals surface area contributed by atoms with Gasteiger partial charge in [0.15, 0.2) is 5.96 Å². The summed E-state index contributed by atoms with van der Waals surface area (Å²) in [6.45, 7) is 11.6. The van der Waals surface area contributed by atoms with E-state index in [0.717, 1.165) is 67.0 Å². The van der Waals surface area contributed by atoms with Gasteiger partial charge in [0.25, 0.3) is 0 Å². The zero-order valence-electron chi connectivity index (χ0n) is 17.3. The molecule has 7 heteroatoms. The lowest BCUT2D eigenvalue weighted by Gasteiger charge is -2.34. The van der Waals surface area contributed by atoms with Gasteiger partial charge in [-0.2, -0.15) is 0 Å². The third kappa shape index (κ3) is 6.12. The second-order valence-corrected chi connectivity index (χ2v) is 7.18. The highest BCUT2D eigenvalue weighted by molar-refractivity contribution is 14.0. The first-order valence-electron chi connectivity index (χ1n) is 9.84. The molecule has 0 unspecified atom stereocenters. The van der Waals surface area contributed by atoms with Crippen molar-refractivity contribution in [3.8, 4) is 0 Å². The zero-order valence-corrected chi connectivity index (χ0v) is 19.6. The Morgan fingerprint density at radius 1 is 1.25 bits per heavy atom. The third-order valence-corrected chi connectivity index (χ3v) is 4.93. The summed E-state index contributed by atoms with van der Waals surface area (Å²) in [7, 11) is 0. The van der Waals surface area contributed by atoms with Gasteiger partial charge in [0, 0.05) is 36.9 Å². The monoisotopic (exact) mass is 497 g/mol. The van der Waals surface area contributed by atoms with Gasteiger partial charge in [-0.3, -0.25) is 0 Å². The Morgan fingerprint density at radius 3 is 2.61 bits per heavy atom. The van der Waals surface area contributed by atoms with Crippen molar-refractivity contribution in [2.24, 2.45) is 4.99 Å². The van der Waals surface area contributed by atoms with Gasteiger partial charge < -0.3 is 20.0 Å². The van der Waals surface area contributed by atoms with E-state index in [4.69, 9.17) is 9.41 Å². The van der Waals surface area contributed by atoms with Crippen LogP contribution < -0.4 is 15.5 Å². The standard InChI is InChI=1S/C21H31N5O.HI/c1-5-22-21(23-14-18-13-16(3)27-17(18)4)25-19-9-11-26(12-10-19)20-8-6-7-15(2)24-20;/h6-8,13,19H,5,9-12,14H2,1-4H3,(H2,22,23,25);1H. The first kappa shape index (κ1) is 22.5. The van der Waals surface area contributed by atoms with Crippen LogP contribution in [0.25, 0.3) is 0 Å². The van der Waals surface area contributed by atoms with E-state index in [9.17, 15) is 0 Å². The molecular weight excluding hydrogens is 465 g/mol. The minimum Gasteiger partial charge on any atom is -0.466 e. The number of nitrogens with one attached hydrogen (secondary N) is 2. The number of halogens is 1. The van der Waals surface area contributed by atoms with Gasteiger partial charge in [-0.15, -0.1) is 24.0 Å². The molecule has 1 fully saturated rings. The smallest absolute Gasteiger partial charge is 0.191 e. The van der Waals surface area contributed by atoms with Crippen molar-refractivity contribution in [2.45, 2.75) is 53.1 Å². The molecule has 28 heavy (non-hydrogen) atoms. The largest absolute Gasteiger partial charge is 0.466 e. The summed E-state index contributed by atoms with van der Waals surface area (Å²) in [5.41, 5.74) is 2.21. The predicted octanol–water partition coefficient (Wildman–Crippen LogP) is 3.94. The van der Waals surface area contributed by atoms with Crippen LogP contribution in [-0.2, 0) is 6.54 Å². The molecule has 0 saturated carbocycles. The molecule has 2 aromatic heterocycles. The fourth-order valence-electron chi connectivity index (χ4n) is 3.48. The summed E-state index contributed by atoms with van der Waals surface area (Å²) in [5.74, 6) is 3.85. The number of furan rings is 1. The van der Waals surface area contributed by atoms with Crippen molar-refractivity contribution in [1.82, 2.24) is 15.6 Å². The van der Waals surface area contributed by atoms with E-state index in [0.29, 0.717) is 12.6 Å². The van der Waals surface area contributed by atoms with E-state index in [1.807, 2.05) is 26.8 Å². The lowest BCUT2D eigenvalue weighted by atomic mass is 10.1. The molecule has 2 aromatic rings. The number of rotatable bonds is 5. The van der Waals surface area contributed by atoms with Crippen LogP contribution in [0, 0.1) is 20.8 Å². The molecular formula is C21H32IN5O. The third-order valence-electron chi connectivity index (χ3n) is 4.93. The van der Waals surface area contributed by atoms with Gasteiger partial charge >= 0.3 is 0 Å². The Bertz CT molecular complexity index is 781. The van der Waals surface area contributed by atoms with Gasteiger partial charge in [-0.25, -0.2) is 9.98 Å². The number of aryl methyl sites for hydroxylation is 3. The van der Waals surface area contributed by atoms with Crippen LogP contribution >= 0.6 is 24.0 Å². The van der Waals surface area contributed by atoms with Crippen LogP contribution in [0.5, 0.6) is 0 Å². The molecule has 3 rings (SSSR count). The quantitative estimate of drug-likeness (QED) is 0.372. The number of aliphatic imine (C=N–C) groups is 1. The highest BCUT2D eigenvalue weighted by Crippen LogP contribution is 2.18. The lowest BCUT2D eigenvalue weighted by Crippen LogP contribution is -2.48. The molecule has 0 bridgehead atoms. The summed E-state index contributed by atoms with van der Waals surface area (Å²) >= 11 is 0. The van der Waals surface area contributed by atoms with Crippen LogP contribution in [-0.4, -0.2) is 36.6 Å². The van der Waals surface area contributed by atoms with E-state index in [1.54, 1.807) is 0 Å². The van der Waals surface area contributed by atoms with Gasteiger partial charge in [-0.05, 0) is 58.7 Å². The van der Waals surface area contributed by atoms with Crippen LogP contribution in [0.15, 0.2) is 33.7 Å². The first-order chi connectivity index (χ1) is 13.0. The average molecular weight is 497 g/mol. The fourth-order valence-corrected chi connectivity index (χ4v) is 3.48. The Balaban J connectivity index is 0.00000280. The molecule has 1 saturated heterocycles. The number of guanidine groups is 1. The molecule has 0 amide bonds. The summed E-state index contributed by atoms with van der Waals surface area (Å²) < 4.78 is 5.60. The van der Waals surface area contributed by atoms with Crippen molar-refractivity contribution in [2.75, 3.05) is 24.5 Å². The fraction of sp³-hybridized carbons (Fsp3) is 0.524. The first-order valence-corrected chi connectivity index (χ1v) is 9.84. The second-order valence-electron chi connectivity index (χ2n) is 7.18. The van der Waals surface area contributed by atoms with Crippen molar-refractivity contribution >= 4 is 35.8 Å². The van der Waals surface area contributed by atoms with Gasteiger partial charge in [0.1, 0.15) is 17.3 Å². The van der Waals surface area contributed by atoms with Crippen LogP contribution in [0.3, 0.4) is 0 Å². The van der Waals surface area contributed by atoms with Crippen LogP contribution in [0.1, 0.15) is 42.5 Å². The maximum atomic E-state index is 5.60. The Labute approximate surface area is 185 Å². The number of pyridine rings is 1. The Morgan fingerprint density at radius 2 is 2.00 bits per heavy atom. The van der Waals surface area contributed by atoms with E-state index in [1.165, 1.54) is 0 Å². The molecule has 3 heterocycles.